The number of fused-ring (bicyclic) bond motifs is 10. The number of benzene rings is 6. The van der Waals surface area contributed by atoms with Crippen molar-refractivity contribution in [2.75, 3.05) is 9.80 Å². The molecule has 348 valence electrons. The van der Waals surface area contributed by atoms with Crippen molar-refractivity contribution in [2.45, 2.75) is 181 Å². The topological polar surface area (TPSA) is 19.6 Å². The Hall–Kier alpha value is -5.22. The van der Waals surface area contributed by atoms with Crippen LogP contribution in [0.2, 0.25) is 0 Å². The smallest absolute Gasteiger partial charge is 0.252 e. The van der Waals surface area contributed by atoms with E-state index in [-0.39, 0.29) is 44.6 Å². The van der Waals surface area contributed by atoms with Gasteiger partial charge in [-0.05, 0) is 186 Å². The highest BCUT2D eigenvalue weighted by Crippen LogP contribution is 2.56. The van der Waals surface area contributed by atoms with Gasteiger partial charge in [-0.2, -0.15) is 0 Å². The van der Waals surface area contributed by atoms with Gasteiger partial charge in [-0.25, -0.2) is 0 Å². The number of anilines is 6. The van der Waals surface area contributed by atoms with Gasteiger partial charge in [-0.15, -0.1) is 0 Å². The highest BCUT2D eigenvalue weighted by atomic mass is 16.3. The van der Waals surface area contributed by atoms with Crippen LogP contribution in [0.5, 0.6) is 0 Å². The van der Waals surface area contributed by atoms with Crippen LogP contribution < -0.4 is 26.2 Å². The summed E-state index contributed by atoms with van der Waals surface area (Å²) in [5, 5.41) is 2.33. The van der Waals surface area contributed by atoms with E-state index in [9.17, 15) is 0 Å². The number of hydrogen-bond donors (Lipinski definition) is 0. The summed E-state index contributed by atoms with van der Waals surface area (Å²) in [6.45, 7) is 39.4. The summed E-state index contributed by atoms with van der Waals surface area (Å²) in [6.07, 6.45) is 5.82. The van der Waals surface area contributed by atoms with Crippen molar-refractivity contribution >= 4 is 79.2 Å². The van der Waals surface area contributed by atoms with Crippen molar-refractivity contribution in [2.24, 2.45) is 0 Å². The second-order valence-corrected chi connectivity index (χ2v) is 27.1. The van der Waals surface area contributed by atoms with Crippen LogP contribution >= 0.6 is 0 Å². The SMILES string of the molecule is Cc1cc2c(cc1N1c3cc4c(cc3B3c5cc6c(cc5N(c5cccc7oc8ccccc8c57)c5cc(C(C)(C)C)cc1c53)C(C)(C)CCC6(C)C)C(C)(C)CCC4(C)C)C(C)(C)CC2(C)C. The summed E-state index contributed by atoms with van der Waals surface area (Å²) in [4.78, 5) is 5.45. The van der Waals surface area contributed by atoms with Gasteiger partial charge < -0.3 is 14.2 Å². The lowest BCUT2D eigenvalue weighted by molar-refractivity contribution is 0.332. The second kappa shape index (κ2) is 13.6. The summed E-state index contributed by atoms with van der Waals surface area (Å²) < 4.78 is 6.72. The number of aryl methyl sites for hydroxylation is 1. The fourth-order valence-electron chi connectivity index (χ4n) is 14.4. The first-order chi connectivity index (χ1) is 31.7. The lowest BCUT2D eigenvalue weighted by Gasteiger charge is -2.49. The first-order valence-corrected chi connectivity index (χ1v) is 25.9. The van der Waals surface area contributed by atoms with Crippen LogP contribution in [0, 0.1) is 6.92 Å². The molecule has 7 aromatic rings. The van der Waals surface area contributed by atoms with E-state index in [0.29, 0.717) is 0 Å². The molecule has 0 saturated heterocycles. The molecule has 4 heteroatoms. The maximum absolute atomic E-state index is 6.72. The highest BCUT2D eigenvalue weighted by Gasteiger charge is 2.50. The van der Waals surface area contributed by atoms with Crippen molar-refractivity contribution < 1.29 is 4.42 Å². The Balaban J connectivity index is 1.27. The first-order valence-electron chi connectivity index (χ1n) is 25.9. The average molecular weight is 897 g/mol. The first kappa shape index (κ1) is 44.0. The Morgan fingerprint density at radius 2 is 0.897 bits per heavy atom. The largest absolute Gasteiger partial charge is 0.456 e. The molecule has 0 fully saturated rings. The van der Waals surface area contributed by atoms with Crippen molar-refractivity contribution in [1.82, 2.24) is 0 Å². The second-order valence-electron chi connectivity index (χ2n) is 27.1. The molecule has 2 aliphatic heterocycles. The van der Waals surface area contributed by atoms with E-state index in [0.717, 1.165) is 29.4 Å². The molecule has 0 N–H and O–H groups in total. The fraction of sp³-hybridized carbons (Fsp3) is 0.438. The predicted molar refractivity (Wildman–Crippen MR) is 292 cm³/mol. The minimum absolute atomic E-state index is 0.0224. The van der Waals surface area contributed by atoms with Crippen molar-refractivity contribution in [3.8, 4) is 0 Å². The lowest BCUT2D eigenvalue weighted by atomic mass is 9.32. The van der Waals surface area contributed by atoms with E-state index < -0.39 is 0 Å². The Morgan fingerprint density at radius 3 is 1.43 bits per heavy atom. The van der Waals surface area contributed by atoms with Crippen LogP contribution in [0.1, 0.15) is 180 Å². The zero-order valence-corrected chi connectivity index (χ0v) is 44.1. The number of hydrogen-bond acceptors (Lipinski definition) is 3. The van der Waals surface area contributed by atoms with Gasteiger partial charge in [0.05, 0.1) is 11.1 Å². The Morgan fingerprint density at radius 1 is 0.456 bits per heavy atom. The Labute approximate surface area is 407 Å². The quantitative estimate of drug-likeness (QED) is 0.161. The highest BCUT2D eigenvalue weighted by molar-refractivity contribution is 7.00. The summed E-state index contributed by atoms with van der Waals surface area (Å²) >= 11 is 0. The summed E-state index contributed by atoms with van der Waals surface area (Å²) in [5.74, 6) is 0. The summed E-state index contributed by atoms with van der Waals surface area (Å²) in [7, 11) is 0. The van der Waals surface area contributed by atoms with Gasteiger partial charge >= 0.3 is 0 Å². The van der Waals surface area contributed by atoms with Crippen LogP contribution in [0.25, 0.3) is 21.9 Å². The third-order valence-corrected chi connectivity index (χ3v) is 18.4. The molecule has 0 amide bonds. The molecule has 3 nitrogen and oxygen atoms in total. The van der Waals surface area contributed by atoms with E-state index >= 15 is 0 Å². The van der Waals surface area contributed by atoms with E-state index in [4.69, 9.17) is 4.42 Å². The van der Waals surface area contributed by atoms with Gasteiger partial charge in [-0.3, -0.25) is 0 Å². The Bertz CT molecular complexity index is 3340. The minimum atomic E-state index is -0.129. The van der Waals surface area contributed by atoms with Crippen LogP contribution in [0.3, 0.4) is 0 Å². The summed E-state index contributed by atoms with van der Waals surface area (Å²) in [6, 6.07) is 36.5. The lowest BCUT2D eigenvalue weighted by Crippen LogP contribution is -2.62. The molecule has 68 heavy (non-hydrogen) atoms. The molecule has 0 saturated carbocycles. The van der Waals surface area contributed by atoms with Crippen LogP contribution in [-0.2, 0) is 37.9 Å². The number of nitrogens with zero attached hydrogens (tertiary/aromatic N) is 2. The Kier molecular flexibility index (Phi) is 8.77. The molecule has 0 spiro atoms. The van der Waals surface area contributed by atoms with E-state index in [1.54, 1.807) is 0 Å². The maximum atomic E-state index is 6.72. The minimum Gasteiger partial charge on any atom is -0.456 e. The molecule has 12 rings (SSSR count). The molecule has 6 aromatic carbocycles. The van der Waals surface area contributed by atoms with Crippen LogP contribution in [0.4, 0.5) is 34.1 Å². The van der Waals surface area contributed by atoms with Crippen molar-refractivity contribution in [3.63, 3.8) is 0 Å². The molecule has 0 radical (unpaired) electrons. The van der Waals surface area contributed by atoms with E-state index in [1.807, 2.05) is 0 Å². The van der Waals surface area contributed by atoms with Crippen molar-refractivity contribution in [3.05, 3.63) is 136 Å². The van der Waals surface area contributed by atoms with Gasteiger partial charge in [0.1, 0.15) is 11.2 Å². The fourth-order valence-corrected chi connectivity index (χ4v) is 14.4. The standard InChI is InChI=1S/C64H73BN2O/c1-37-28-40-45(64(15,16)36-63(40,13)14)33-49(37)67-51-35-44-42(60(7,8)25-27-62(44,11)12)32-47(51)65-46-31-41-43(61(9,10)26-24-59(41,5)6)34-50(46)66(52-29-38(58(2,3)4)30-53(67)57(52)65)48-21-19-23-55-56(48)39-20-17-18-22-54(39)68-55/h17-23,28-35H,24-27,36H2,1-16H3. The van der Waals surface area contributed by atoms with Gasteiger partial charge in [0.15, 0.2) is 0 Å². The molecule has 3 aliphatic carbocycles. The van der Waals surface area contributed by atoms with Gasteiger partial charge in [-0.1, -0.05) is 146 Å². The average Bonchev–Trinajstić information content (AvgIpc) is 3.72. The molecule has 5 aliphatic rings. The molecule has 1 aromatic heterocycles. The number of furan rings is 1. The molecule has 0 bridgehead atoms. The zero-order valence-electron chi connectivity index (χ0n) is 44.1. The molecule has 3 heterocycles. The predicted octanol–water partition coefficient (Wildman–Crippen LogP) is 15.9. The monoisotopic (exact) mass is 897 g/mol. The van der Waals surface area contributed by atoms with Crippen LogP contribution in [0.15, 0.2) is 95.4 Å². The normalized spacial score (nSPS) is 20.7. The maximum Gasteiger partial charge on any atom is 0.252 e. The summed E-state index contributed by atoms with van der Waals surface area (Å²) in [5.41, 5.74) is 25.8. The van der Waals surface area contributed by atoms with E-state index in [2.05, 4.69) is 212 Å². The van der Waals surface area contributed by atoms with E-state index in [1.165, 1.54) is 120 Å². The molecule has 0 atom stereocenters. The molecule has 0 unspecified atom stereocenters. The third-order valence-electron chi connectivity index (χ3n) is 18.4. The number of para-hydroxylation sites is 1. The number of rotatable bonds is 2. The van der Waals surface area contributed by atoms with Gasteiger partial charge in [0.2, 0.25) is 0 Å². The van der Waals surface area contributed by atoms with Crippen LogP contribution in [-0.4, -0.2) is 6.71 Å². The van der Waals surface area contributed by atoms with Crippen molar-refractivity contribution in [1.29, 1.82) is 0 Å². The molecular weight excluding hydrogens is 824 g/mol. The van der Waals surface area contributed by atoms with Gasteiger partial charge in [0.25, 0.3) is 6.71 Å². The zero-order chi connectivity index (χ0) is 48.2. The third kappa shape index (κ3) is 6.03. The molecular formula is C64H73BN2O. The van der Waals surface area contributed by atoms with Gasteiger partial charge in [0, 0.05) is 33.8 Å².